The minimum atomic E-state index is -0.886. The molecule has 0 amide bonds. The van der Waals surface area contributed by atoms with Gasteiger partial charge in [-0.2, -0.15) is 0 Å². The highest BCUT2D eigenvalue weighted by molar-refractivity contribution is 5.45. The van der Waals surface area contributed by atoms with E-state index in [2.05, 4.69) is 10.6 Å². The monoisotopic (exact) mass is 437 g/mol. The molecule has 3 rings (SSSR count). The molecular formula is C26H32FN3O2. The standard InChI is InChI=1S/C26H32FN3O2/c1-19(17-31)26(24-14-22(28)10-13-25(24)27,18-29-15-20-6-4-3-5-7-20)30-16-21-8-11-23(32-2)12-9-21/h3-14,19,29-31H,15-18,28H2,1-2H3. The molecule has 6 heteroatoms. The number of aliphatic hydroxyl groups excluding tert-OH is 1. The Morgan fingerprint density at radius 1 is 1.00 bits per heavy atom. The van der Waals surface area contributed by atoms with Crippen LogP contribution in [0.2, 0.25) is 0 Å². The third kappa shape index (κ3) is 5.65. The molecule has 170 valence electrons. The number of nitrogens with one attached hydrogen (secondary N) is 2. The van der Waals surface area contributed by atoms with Gasteiger partial charge >= 0.3 is 0 Å². The van der Waals surface area contributed by atoms with Crippen LogP contribution < -0.4 is 21.1 Å². The number of nitrogen functional groups attached to an aromatic ring is 1. The lowest BCUT2D eigenvalue weighted by Crippen LogP contribution is -2.55. The summed E-state index contributed by atoms with van der Waals surface area (Å²) in [4.78, 5) is 0. The Balaban J connectivity index is 1.92. The largest absolute Gasteiger partial charge is 0.497 e. The van der Waals surface area contributed by atoms with Crippen molar-refractivity contribution in [1.82, 2.24) is 10.6 Å². The molecule has 0 aromatic heterocycles. The van der Waals surface area contributed by atoms with Gasteiger partial charge in [0.1, 0.15) is 11.6 Å². The lowest BCUT2D eigenvalue weighted by atomic mass is 9.78. The van der Waals surface area contributed by atoms with Crippen molar-refractivity contribution in [3.8, 4) is 5.75 Å². The van der Waals surface area contributed by atoms with Gasteiger partial charge in [-0.15, -0.1) is 0 Å². The highest BCUT2D eigenvalue weighted by atomic mass is 19.1. The van der Waals surface area contributed by atoms with E-state index in [1.165, 1.54) is 6.07 Å². The van der Waals surface area contributed by atoms with E-state index >= 15 is 4.39 Å². The summed E-state index contributed by atoms with van der Waals surface area (Å²) in [6.07, 6.45) is 0. The van der Waals surface area contributed by atoms with Crippen molar-refractivity contribution < 1.29 is 14.2 Å². The smallest absolute Gasteiger partial charge is 0.128 e. The van der Waals surface area contributed by atoms with Gasteiger partial charge in [0, 0.05) is 43.4 Å². The van der Waals surface area contributed by atoms with E-state index in [4.69, 9.17) is 10.5 Å². The molecule has 0 saturated heterocycles. The van der Waals surface area contributed by atoms with Crippen LogP contribution in [0.5, 0.6) is 5.75 Å². The van der Waals surface area contributed by atoms with Crippen molar-refractivity contribution in [3.05, 3.63) is 95.3 Å². The third-order valence-electron chi connectivity index (χ3n) is 5.93. The fourth-order valence-electron chi connectivity index (χ4n) is 3.91. The maximum Gasteiger partial charge on any atom is 0.128 e. The summed E-state index contributed by atoms with van der Waals surface area (Å²) in [6, 6.07) is 22.3. The zero-order valence-electron chi connectivity index (χ0n) is 18.6. The molecule has 5 N–H and O–H groups in total. The molecule has 3 aromatic carbocycles. The average molecular weight is 438 g/mol. The molecule has 0 aliphatic heterocycles. The van der Waals surface area contributed by atoms with E-state index in [0.717, 1.165) is 16.9 Å². The van der Waals surface area contributed by atoms with Crippen LogP contribution >= 0.6 is 0 Å². The van der Waals surface area contributed by atoms with Gasteiger partial charge in [-0.05, 0) is 41.5 Å². The molecule has 0 bridgehead atoms. The van der Waals surface area contributed by atoms with Gasteiger partial charge in [0.05, 0.1) is 12.6 Å². The summed E-state index contributed by atoms with van der Waals surface area (Å²) in [6.45, 7) is 3.30. The highest BCUT2D eigenvalue weighted by Crippen LogP contribution is 2.33. The van der Waals surface area contributed by atoms with E-state index in [1.54, 1.807) is 19.2 Å². The molecule has 3 aromatic rings. The Hall–Kier alpha value is -2.93. The normalized spacial score (nSPS) is 14.0. The Kier molecular flexibility index (Phi) is 8.22. The number of nitrogens with two attached hydrogens (primary N) is 1. The second-order valence-corrected chi connectivity index (χ2v) is 8.09. The molecule has 0 fully saturated rings. The zero-order valence-corrected chi connectivity index (χ0v) is 18.6. The number of aliphatic hydroxyl groups is 1. The molecular weight excluding hydrogens is 405 g/mol. The molecule has 0 aliphatic rings. The summed E-state index contributed by atoms with van der Waals surface area (Å²) in [5, 5.41) is 17.1. The van der Waals surface area contributed by atoms with Crippen LogP contribution in [0.1, 0.15) is 23.6 Å². The molecule has 2 atom stereocenters. The minimum absolute atomic E-state index is 0.114. The van der Waals surface area contributed by atoms with Gasteiger partial charge in [-0.1, -0.05) is 49.4 Å². The topological polar surface area (TPSA) is 79.5 Å². The predicted octanol–water partition coefficient (Wildman–Crippen LogP) is 3.82. The van der Waals surface area contributed by atoms with E-state index in [-0.39, 0.29) is 18.3 Å². The van der Waals surface area contributed by atoms with Gasteiger partial charge in [0.2, 0.25) is 0 Å². The number of halogens is 1. The van der Waals surface area contributed by atoms with Crippen molar-refractivity contribution in [2.24, 2.45) is 5.92 Å². The molecule has 0 aliphatic carbocycles. The van der Waals surface area contributed by atoms with Gasteiger partial charge in [0.15, 0.2) is 0 Å². The summed E-state index contributed by atoms with van der Waals surface area (Å²) < 4.78 is 20.4. The summed E-state index contributed by atoms with van der Waals surface area (Å²) in [5.41, 5.74) is 8.21. The Morgan fingerprint density at radius 2 is 1.69 bits per heavy atom. The van der Waals surface area contributed by atoms with Gasteiger partial charge < -0.3 is 26.2 Å². The van der Waals surface area contributed by atoms with Crippen molar-refractivity contribution >= 4 is 5.69 Å². The van der Waals surface area contributed by atoms with Crippen LogP contribution in [-0.4, -0.2) is 25.4 Å². The Labute approximate surface area is 189 Å². The lowest BCUT2D eigenvalue weighted by molar-refractivity contribution is 0.126. The van der Waals surface area contributed by atoms with Crippen molar-refractivity contribution in [2.75, 3.05) is 26.0 Å². The summed E-state index contributed by atoms with van der Waals surface area (Å²) in [7, 11) is 1.63. The van der Waals surface area contributed by atoms with Gasteiger partial charge in [0.25, 0.3) is 0 Å². The fourth-order valence-corrected chi connectivity index (χ4v) is 3.91. The summed E-state index contributed by atoms with van der Waals surface area (Å²) in [5.74, 6) is 0.124. The number of anilines is 1. The first-order valence-corrected chi connectivity index (χ1v) is 10.8. The molecule has 0 heterocycles. The second kappa shape index (κ2) is 11.1. The number of benzene rings is 3. The van der Waals surface area contributed by atoms with Crippen LogP contribution in [0.25, 0.3) is 0 Å². The molecule has 0 spiro atoms. The Morgan fingerprint density at radius 3 is 2.34 bits per heavy atom. The van der Waals surface area contributed by atoms with Crippen molar-refractivity contribution in [1.29, 1.82) is 0 Å². The predicted molar refractivity (Wildman–Crippen MR) is 127 cm³/mol. The van der Waals surface area contributed by atoms with Gasteiger partial charge in [-0.3, -0.25) is 0 Å². The molecule has 0 saturated carbocycles. The first-order valence-electron chi connectivity index (χ1n) is 10.8. The third-order valence-corrected chi connectivity index (χ3v) is 5.93. The van der Waals surface area contributed by atoms with Crippen LogP contribution in [-0.2, 0) is 18.6 Å². The van der Waals surface area contributed by atoms with Crippen LogP contribution in [0.3, 0.4) is 0 Å². The lowest BCUT2D eigenvalue weighted by Gasteiger charge is -2.41. The minimum Gasteiger partial charge on any atom is -0.497 e. The second-order valence-electron chi connectivity index (χ2n) is 8.09. The molecule has 5 nitrogen and oxygen atoms in total. The van der Waals surface area contributed by atoms with E-state index in [9.17, 15) is 5.11 Å². The fraction of sp³-hybridized carbons (Fsp3) is 0.308. The average Bonchev–Trinajstić information content (AvgIpc) is 2.83. The quantitative estimate of drug-likeness (QED) is 0.343. The van der Waals surface area contributed by atoms with E-state index < -0.39 is 5.54 Å². The first-order chi connectivity index (χ1) is 15.5. The number of ether oxygens (including phenoxy) is 1. The molecule has 2 unspecified atom stereocenters. The van der Waals surface area contributed by atoms with Crippen molar-refractivity contribution in [3.63, 3.8) is 0 Å². The number of hydrogen-bond acceptors (Lipinski definition) is 5. The number of methoxy groups -OCH3 is 1. The van der Waals surface area contributed by atoms with E-state index in [1.807, 2.05) is 61.5 Å². The van der Waals surface area contributed by atoms with E-state index in [0.29, 0.717) is 30.9 Å². The number of hydrogen-bond donors (Lipinski definition) is 4. The Bertz CT molecular complexity index is 982. The maximum atomic E-state index is 15.1. The highest BCUT2D eigenvalue weighted by Gasteiger charge is 2.39. The van der Waals surface area contributed by atoms with Crippen LogP contribution in [0.4, 0.5) is 10.1 Å². The zero-order chi connectivity index (χ0) is 23.0. The SMILES string of the molecule is COc1ccc(CNC(CNCc2ccccc2)(c2cc(N)ccc2F)C(C)CO)cc1. The van der Waals surface area contributed by atoms with Crippen LogP contribution in [0, 0.1) is 11.7 Å². The van der Waals surface area contributed by atoms with Gasteiger partial charge in [-0.25, -0.2) is 4.39 Å². The number of rotatable bonds is 11. The molecule has 32 heavy (non-hydrogen) atoms. The maximum absolute atomic E-state index is 15.1. The summed E-state index contributed by atoms with van der Waals surface area (Å²) >= 11 is 0. The molecule has 0 radical (unpaired) electrons. The van der Waals surface area contributed by atoms with Crippen LogP contribution in [0.15, 0.2) is 72.8 Å². The van der Waals surface area contributed by atoms with Crippen molar-refractivity contribution in [2.45, 2.75) is 25.6 Å². The first kappa shape index (κ1) is 23.7.